The Morgan fingerprint density at radius 1 is 1.12 bits per heavy atom. The second kappa shape index (κ2) is 6.21. The Morgan fingerprint density at radius 2 is 1.75 bits per heavy atom. The van der Waals surface area contributed by atoms with Crippen LogP contribution in [0.2, 0.25) is 0 Å². The highest BCUT2D eigenvalue weighted by atomic mass is 16.7. The molecule has 2 heterocycles. The zero-order valence-electron chi connectivity index (χ0n) is 13.2. The molecule has 3 rings (SSSR count). The molecule has 1 aromatic heterocycles. The number of rotatable bonds is 4. The molecule has 1 aliphatic rings. The van der Waals surface area contributed by atoms with E-state index in [-0.39, 0.29) is 16.7 Å². The predicted octanol–water partition coefficient (Wildman–Crippen LogP) is 1.51. The SMILES string of the molecule is CN(C)Cc1cc(C(=O)ON2C(=O)c3ccccc3C2=O)ccn1. The molecule has 1 aliphatic heterocycles. The van der Waals surface area contributed by atoms with Crippen LogP contribution >= 0.6 is 0 Å². The van der Waals surface area contributed by atoms with Gasteiger partial charge in [0.05, 0.1) is 22.4 Å². The molecule has 0 bridgehead atoms. The summed E-state index contributed by atoms with van der Waals surface area (Å²) in [5.74, 6) is -2.08. The Morgan fingerprint density at radius 3 is 2.33 bits per heavy atom. The van der Waals surface area contributed by atoms with E-state index in [9.17, 15) is 14.4 Å². The lowest BCUT2D eigenvalue weighted by molar-refractivity contribution is -0.0584. The van der Waals surface area contributed by atoms with Crippen molar-refractivity contribution in [3.63, 3.8) is 0 Å². The van der Waals surface area contributed by atoms with Crippen molar-refractivity contribution < 1.29 is 19.2 Å². The minimum Gasteiger partial charge on any atom is -0.324 e. The van der Waals surface area contributed by atoms with Crippen LogP contribution in [0, 0.1) is 0 Å². The van der Waals surface area contributed by atoms with Crippen LogP contribution in [0.4, 0.5) is 0 Å². The van der Waals surface area contributed by atoms with Crippen molar-refractivity contribution in [1.29, 1.82) is 0 Å². The zero-order chi connectivity index (χ0) is 17.3. The van der Waals surface area contributed by atoms with Gasteiger partial charge in [-0.2, -0.15) is 0 Å². The topological polar surface area (TPSA) is 79.8 Å². The molecule has 2 aromatic rings. The fraction of sp³-hybridized carbons (Fsp3) is 0.176. The molecule has 2 amide bonds. The first-order chi connectivity index (χ1) is 11.5. The Bertz CT molecular complexity index is 797. The first kappa shape index (κ1) is 15.8. The Balaban J connectivity index is 1.79. The number of nitrogens with zero attached hydrogens (tertiary/aromatic N) is 3. The van der Waals surface area contributed by atoms with Gasteiger partial charge in [0.1, 0.15) is 0 Å². The number of hydrogen-bond acceptors (Lipinski definition) is 6. The number of hydroxylamine groups is 2. The van der Waals surface area contributed by atoms with Gasteiger partial charge in [0.2, 0.25) is 0 Å². The largest absolute Gasteiger partial charge is 0.364 e. The molecule has 122 valence electrons. The minimum absolute atomic E-state index is 0.221. The van der Waals surface area contributed by atoms with Crippen molar-refractivity contribution in [1.82, 2.24) is 14.9 Å². The highest BCUT2D eigenvalue weighted by Gasteiger charge is 2.38. The van der Waals surface area contributed by atoms with E-state index >= 15 is 0 Å². The highest BCUT2D eigenvalue weighted by Crippen LogP contribution is 2.23. The summed E-state index contributed by atoms with van der Waals surface area (Å²) in [6.07, 6.45) is 1.48. The molecule has 7 heteroatoms. The van der Waals surface area contributed by atoms with Gasteiger partial charge in [-0.25, -0.2) is 4.79 Å². The average Bonchev–Trinajstić information content (AvgIpc) is 2.80. The monoisotopic (exact) mass is 325 g/mol. The van der Waals surface area contributed by atoms with Crippen LogP contribution in [-0.4, -0.2) is 46.8 Å². The van der Waals surface area contributed by atoms with Crippen LogP contribution in [0.25, 0.3) is 0 Å². The number of benzene rings is 1. The van der Waals surface area contributed by atoms with Crippen LogP contribution < -0.4 is 0 Å². The van der Waals surface area contributed by atoms with Gasteiger partial charge in [-0.1, -0.05) is 17.2 Å². The van der Waals surface area contributed by atoms with Gasteiger partial charge in [0.15, 0.2) is 0 Å². The van der Waals surface area contributed by atoms with Gasteiger partial charge in [0.25, 0.3) is 11.8 Å². The Labute approximate surface area is 138 Å². The number of carbonyl (C=O) groups excluding carboxylic acids is 3. The van der Waals surface area contributed by atoms with E-state index in [1.165, 1.54) is 24.4 Å². The Hall–Kier alpha value is -3.06. The van der Waals surface area contributed by atoms with Crippen LogP contribution in [0.5, 0.6) is 0 Å². The number of imide groups is 1. The van der Waals surface area contributed by atoms with Crippen LogP contribution in [0.3, 0.4) is 0 Å². The number of pyridine rings is 1. The van der Waals surface area contributed by atoms with E-state index in [0.29, 0.717) is 17.3 Å². The lowest BCUT2D eigenvalue weighted by Crippen LogP contribution is -2.32. The molecule has 0 spiro atoms. The molecule has 7 nitrogen and oxygen atoms in total. The first-order valence-electron chi connectivity index (χ1n) is 7.27. The number of hydrogen-bond donors (Lipinski definition) is 0. The predicted molar refractivity (Wildman–Crippen MR) is 84.0 cm³/mol. The van der Waals surface area contributed by atoms with E-state index in [4.69, 9.17) is 4.84 Å². The van der Waals surface area contributed by atoms with Crippen LogP contribution in [0.15, 0.2) is 42.6 Å². The first-order valence-corrected chi connectivity index (χ1v) is 7.27. The minimum atomic E-state index is -0.785. The van der Waals surface area contributed by atoms with Gasteiger partial charge < -0.3 is 9.74 Å². The summed E-state index contributed by atoms with van der Waals surface area (Å²) >= 11 is 0. The van der Waals surface area contributed by atoms with Crippen molar-refractivity contribution in [2.24, 2.45) is 0 Å². The van der Waals surface area contributed by atoms with Crippen LogP contribution in [0.1, 0.15) is 36.8 Å². The molecule has 24 heavy (non-hydrogen) atoms. The third-order valence-electron chi connectivity index (χ3n) is 3.46. The Kier molecular flexibility index (Phi) is 4.09. The summed E-state index contributed by atoms with van der Waals surface area (Å²) in [5.41, 5.74) is 1.34. The highest BCUT2D eigenvalue weighted by molar-refractivity contribution is 6.21. The molecule has 0 aliphatic carbocycles. The van der Waals surface area contributed by atoms with Crippen molar-refractivity contribution in [2.45, 2.75) is 6.54 Å². The molecule has 0 saturated carbocycles. The molecule has 0 atom stereocenters. The second-order valence-corrected chi connectivity index (χ2v) is 5.60. The standard InChI is InChI=1S/C17H15N3O4/c1-19(2)10-12-9-11(7-8-18-12)17(23)24-20-15(21)13-5-3-4-6-14(13)16(20)22/h3-9H,10H2,1-2H3. The molecular weight excluding hydrogens is 310 g/mol. The normalized spacial score (nSPS) is 13.4. The average molecular weight is 325 g/mol. The molecule has 0 radical (unpaired) electrons. The van der Waals surface area contributed by atoms with Gasteiger partial charge in [-0.15, -0.1) is 0 Å². The zero-order valence-corrected chi connectivity index (χ0v) is 13.2. The third-order valence-corrected chi connectivity index (χ3v) is 3.46. The maximum atomic E-state index is 12.3. The number of amides is 2. The molecule has 0 N–H and O–H groups in total. The fourth-order valence-electron chi connectivity index (χ4n) is 2.40. The van der Waals surface area contributed by atoms with Gasteiger partial charge >= 0.3 is 5.97 Å². The second-order valence-electron chi connectivity index (χ2n) is 5.60. The molecular formula is C17H15N3O4. The summed E-state index contributed by atoms with van der Waals surface area (Å²) in [7, 11) is 3.76. The van der Waals surface area contributed by atoms with E-state index in [1.54, 1.807) is 18.2 Å². The van der Waals surface area contributed by atoms with Gasteiger partial charge in [-0.3, -0.25) is 14.6 Å². The summed E-state index contributed by atoms with van der Waals surface area (Å²) in [6.45, 7) is 0.550. The van der Waals surface area contributed by atoms with Crippen molar-refractivity contribution >= 4 is 17.8 Å². The third kappa shape index (κ3) is 2.89. The quantitative estimate of drug-likeness (QED) is 0.793. The van der Waals surface area contributed by atoms with E-state index < -0.39 is 17.8 Å². The van der Waals surface area contributed by atoms with Crippen LogP contribution in [-0.2, 0) is 11.4 Å². The van der Waals surface area contributed by atoms with E-state index in [1.807, 2.05) is 19.0 Å². The summed E-state index contributed by atoms with van der Waals surface area (Å²) in [4.78, 5) is 47.7. The van der Waals surface area contributed by atoms with Crippen molar-refractivity contribution in [3.8, 4) is 0 Å². The molecule has 0 unspecified atom stereocenters. The number of aromatic nitrogens is 1. The maximum absolute atomic E-state index is 12.3. The summed E-state index contributed by atoms with van der Waals surface area (Å²) in [6, 6.07) is 9.37. The smallest absolute Gasteiger partial charge is 0.324 e. The molecule has 1 aromatic carbocycles. The van der Waals surface area contributed by atoms with Gasteiger partial charge in [0, 0.05) is 12.7 Å². The van der Waals surface area contributed by atoms with Gasteiger partial charge in [-0.05, 0) is 38.4 Å². The summed E-state index contributed by atoms with van der Waals surface area (Å²) in [5, 5.41) is 0.499. The number of carbonyl (C=O) groups is 3. The van der Waals surface area contributed by atoms with E-state index in [2.05, 4.69) is 4.98 Å². The van der Waals surface area contributed by atoms with Crippen molar-refractivity contribution in [2.75, 3.05) is 14.1 Å². The lowest BCUT2D eigenvalue weighted by atomic mass is 10.1. The lowest BCUT2D eigenvalue weighted by Gasteiger charge is -2.13. The van der Waals surface area contributed by atoms with E-state index in [0.717, 1.165) is 0 Å². The van der Waals surface area contributed by atoms with Crippen molar-refractivity contribution in [3.05, 3.63) is 65.0 Å². The summed E-state index contributed by atoms with van der Waals surface area (Å²) < 4.78 is 0. The molecule has 0 saturated heterocycles. The maximum Gasteiger partial charge on any atom is 0.364 e. The number of fused-ring (bicyclic) bond motifs is 1. The fourth-order valence-corrected chi connectivity index (χ4v) is 2.40. The molecule has 0 fully saturated rings.